The van der Waals surface area contributed by atoms with Gasteiger partial charge in [-0.2, -0.15) is 0 Å². The number of benzene rings is 2. The van der Waals surface area contributed by atoms with Crippen molar-refractivity contribution >= 4 is 23.0 Å². The van der Waals surface area contributed by atoms with E-state index in [9.17, 15) is 0 Å². The van der Waals surface area contributed by atoms with Gasteiger partial charge in [0.15, 0.2) is 5.72 Å². The third-order valence-corrected chi connectivity index (χ3v) is 4.24. The van der Waals surface area contributed by atoms with Gasteiger partial charge < -0.3 is 9.64 Å². The van der Waals surface area contributed by atoms with Gasteiger partial charge in [0.2, 0.25) is 0 Å². The van der Waals surface area contributed by atoms with Gasteiger partial charge in [0.1, 0.15) is 6.10 Å². The average molecular weight is 329 g/mol. The molecule has 1 unspecified atom stereocenters. The van der Waals surface area contributed by atoms with E-state index in [2.05, 4.69) is 29.2 Å². The molecule has 0 fully saturated rings. The Labute approximate surface area is 142 Å². The van der Waals surface area contributed by atoms with Gasteiger partial charge in [0.05, 0.1) is 5.71 Å². The molecule has 3 nitrogen and oxygen atoms in total. The first kappa shape index (κ1) is 16.0. The van der Waals surface area contributed by atoms with Crippen LogP contribution < -0.4 is 4.90 Å². The van der Waals surface area contributed by atoms with Gasteiger partial charge >= 0.3 is 0 Å². The van der Waals surface area contributed by atoms with Crippen molar-refractivity contribution in [2.24, 2.45) is 4.99 Å². The minimum absolute atomic E-state index is 0.207. The molecule has 1 heterocycles. The van der Waals surface area contributed by atoms with Gasteiger partial charge in [-0.3, -0.25) is 4.99 Å². The molecule has 1 aliphatic heterocycles. The maximum absolute atomic E-state index is 6.37. The predicted octanol–water partition coefficient (Wildman–Crippen LogP) is 4.70. The minimum Gasteiger partial charge on any atom is -0.378 e. The second-order valence-electron chi connectivity index (χ2n) is 6.41. The molecule has 0 aromatic heterocycles. The largest absolute Gasteiger partial charge is 0.378 e. The summed E-state index contributed by atoms with van der Waals surface area (Å²) in [6.07, 6.45) is -0.207. The number of ether oxygens (including phenoxy) is 1. The Bertz CT molecular complexity index is 735. The summed E-state index contributed by atoms with van der Waals surface area (Å²) in [5, 5.41) is 0.697. The molecule has 0 bridgehead atoms. The molecular weight excluding hydrogens is 308 g/mol. The Morgan fingerprint density at radius 1 is 1.04 bits per heavy atom. The van der Waals surface area contributed by atoms with Crippen LogP contribution in [0.4, 0.5) is 5.69 Å². The highest BCUT2D eigenvalue weighted by Gasteiger charge is 2.36. The lowest BCUT2D eigenvalue weighted by Gasteiger charge is -2.20. The van der Waals surface area contributed by atoms with E-state index >= 15 is 0 Å². The number of hydrogen-bond donors (Lipinski definition) is 0. The third-order valence-electron chi connectivity index (χ3n) is 3.91. The van der Waals surface area contributed by atoms with Crippen molar-refractivity contribution in [3.8, 4) is 0 Å². The highest BCUT2D eigenvalue weighted by molar-refractivity contribution is 6.34. The van der Waals surface area contributed by atoms with Gasteiger partial charge in [0, 0.05) is 30.4 Å². The highest BCUT2D eigenvalue weighted by atomic mass is 35.5. The van der Waals surface area contributed by atoms with Crippen LogP contribution in [0.3, 0.4) is 0 Å². The Kier molecular flexibility index (Phi) is 4.17. The van der Waals surface area contributed by atoms with Crippen LogP contribution >= 0.6 is 11.6 Å². The van der Waals surface area contributed by atoms with Crippen molar-refractivity contribution in [2.75, 3.05) is 19.0 Å². The Balaban J connectivity index is 2.01. The number of aliphatic imine (C=N–C) groups is 1. The lowest BCUT2D eigenvalue weighted by molar-refractivity contribution is -0.0160. The fourth-order valence-electron chi connectivity index (χ4n) is 2.76. The number of nitrogens with zero attached hydrogens (tertiary/aromatic N) is 2. The Morgan fingerprint density at radius 2 is 1.70 bits per heavy atom. The fraction of sp³-hybridized carbons (Fsp3) is 0.316. The molecule has 0 saturated heterocycles. The monoisotopic (exact) mass is 328 g/mol. The standard InChI is InChI=1S/C19H21ClN2O/c1-19(2)21-17(15-7-5-6-8-16(15)20)18(23-19)13-9-11-14(12-10-13)22(3)4/h5-12,18H,1-4H3. The first-order chi connectivity index (χ1) is 10.9. The molecule has 3 rings (SSSR count). The molecule has 0 aliphatic carbocycles. The summed E-state index contributed by atoms with van der Waals surface area (Å²) in [4.78, 5) is 6.84. The molecular formula is C19H21ClN2O. The van der Waals surface area contributed by atoms with Crippen LogP contribution in [0.25, 0.3) is 0 Å². The predicted molar refractivity (Wildman–Crippen MR) is 96.7 cm³/mol. The van der Waals surface area contributed by atoms with Crippen LogP contribution in [-0.4, -0.2) is 25.5 Å². The molecule has 2 aromatic rings. The van der Waals surface area contributed by atoms with Gasteiger partial charge in [-0.25, -0.2) is 0 Å². The summed E-state index contributed by atoms with van der Waals surface area (Å²) >= 11 is 6.37. The van der Waals surface area contributed by atoms with E-state index in [0.29, 0.717) is 5.02 Å². The van der Waals surface area contributed by atoms with Gasteiger partial charge in [0.25, 0.3) is 0 Å². The zero-order valence-corrected chi connectivity index (χ0v) is 14.6. The zero-order valence-electron chi connectivity index (χ0n) is 13.9. The lowest BCUT2D eigenvalue weighted by atomic mass is 9.99. The molecule has 1 aliphatic rings. The Morgan fingerprint density at radius 3 is 2.30 bits per heavy atom. The maximum atomic E-state index is 6.37. The highest BCUT2D eigenvalue weighted by Crippen LogP contribution is 2.38. The van der Waals surface area contributed by atoms with Crippen molar-refractivity contribution in [3.63, 3.8) is 0 Å². The van der Waals surface area contributed by atoms with Crippen molar-refractivity contribution in [1.82, 2.24) is 0 Å². The summed E-state index contributed by atoms with van der Waals surface area (Å²) in [5.74, 6) is 0. The molecule has 0 radical (unpaired) electrons. The van der Waals surface area contributed by atoms with E-state index in [0.717, 1.165) is 22.5 Å². The van der Waals surface area contributed by atoms with E-state index in [1.165, 1.54) is 0 Å². The smallest absolute Gasteiger partial charge is 0.155 e. The van der Waals surface area contributed by atoms with Crippen molar-refractivity contribution in [3.05, 3.63) is 64.7 Å². The molecule has 0 saturated carbocycles. The van der Waals surface area contributed by atoms with Gasteiger partial charge in [-0.05, 0) is 37.6 Å². The summed E-state index contributed by atoms with van der Waals surface area (Å²) in [5.41, 5.74) is 3.50. The molecule has 1 atom stereocenters. The fourth-order valence-corrected chi connectivity index (χ4v) is 3.00. The molecule has 4 heteroatoms. The maximum Gasteiger partial charge on any atom is 0.155 e. The van der Waals surface area contributed by atoms with Gasteiger partial charge in [-0.15, -0.1) is 0 Å². The van der Waals surface area contributed by atoms with E-state index in [-0.39, 0.29) is 6.10 Å². The summed E-state index contributed by atoms with van der Waals surface area (Å²) < 4.78 is 6.18. The SMILES string of the molecule is CN(C)c1ccc(C2OC(C)(C)N=C2c2ccccc2Cl)cc1. The first-order valence-corrected chi connectivity index (χ1v) is 8.05. The van der Waals surface area contributed by atoms with Crippen LogP contribution in [0.2, 0.25) is 5.02 Å². The molecule has 0 N–H and O–H groups in total. The number of rotatable bonds is 3. The summed E-state index contributed by atoms with van der Waals surface area (Å²) in [7, 11) is 4.06. The van der Waals surface area contributed by atoms with E-state index in [4.69, 9.17) is 21.3 Å². The lowest BCUT2D eigenvalue weighted by Crippen LogP contribution is -2.18. The third kappa shape index (κ3) is 3.26. The topological polar surface area (TPSA) is 24.8 Å². The van der Waals surface area contributed by atoms with E-state index in [1.807, 2.05) is 52.2 Å². The minimum atomic E-state index is -0.556. The number of halogens is 1. The Hall–Kier alpha value is -1.84. The normalized spacial score (nSPS) is 19.5. The summed E-state index contributed by atoms with van der Waals surface area (Å²) in [6.45, 7) is 3.94. The van der Waals surface area contributed by atoms with Crippen LogP contribution in [0.1, 0.15) is 31.1 Å². The van der Waals surface area contributed by atoms with Gasteiger partial charge in [-0.1, -0.05) is 41.9 Å². The number of hydrogen-bond acceptors (Lipinski definition) is 3. The van der Waals surface area contributed by atoms with Crippen molar-refractivity contribution in [2.45, 2.75) is 25.7 Å². The van der Waals surface area contributed by atoms with Crippen molar-refractivity contribution < 1.29 is 4.74 Å². The van der Waals surface area contributed by atoms with E-state index in [1.54, 1.807) is 0 Å². The van der Waals surface area contributed by atoms with Crippen molar-refractivity contribution in [1.29, 1.82) is 0 Å². The number of anilines is 1. The first-order valence-electron chi connectivity index (χ1n) is 7.67. The van der Waals surface area contributed by atoms with Crippen LogP contribution in [0, 0.1) is 0 Å². The van der Waals surface area contributed by atoms with Crippen LogP contribution in [0.5, 0.6) is 0 Å². The van der Waals surface area contributed by atoms with E-state index < -0.39 is 5.72 Å². The molecule has 0 spiro atoms. The van der Waals surface area contributed by atoms with Crippen LogP contribution in [0.15, 0.2) is 53.5 Å². The second kappa shape index (κ2) is 5.99. The summed E-state index contributed by atoms with van der Waals surface area (Å²) in [6, 6.07) is 16.1. The average Bonchev–Trinajstić information content (AvgIpc) is 2.83. The van der Waals surface area contributed by atoms with Crippen LogP contribution in [-0.2, 0) is 4.74 Å². The second-order valence-corrected chi connectivity index (χ2v) is 6.81. The zero-order chi connectivity index (χ0) is 16.6. The molecule has 2 aromatic carbocycles. The molecule has 23 heavy (non-hydrogen) atoms. The molecule has 120 valence electrons. The quantitative estimate of drug-likeness (QED) is 0.815. The molecule has 0 amide bonds.